The Bertz CT molecular complexity index is 932. The number of rotatable bonds is 5. The van der Waals surface area contributed by atoms with Crippen molar-refractivity contribution in [2.75, 3.05) is 0 Å². The molecule has 1 aromatic carbocycles. The van der Waals surface area contributed by atoms with Crippen LogP contribution in [0.5, 0.6) is 0 Å². The number of amides is 1. The SMILES string of the molecule is O=C(c1ccc(-c2noc(C(F)(F)F)n2)cc1)N(Cc1ccsc1)C1CC1. The van der Waals surface area contributed by atoms with Crippen molar-refractivity contribution in [1.82, 2.24) is 15.0 Å². The Labute approximate surface area is 156 Å². The Balaban J connectivity index is 1.52. The maximum atomic E-state index is 12.9. The van der Waals surface area contributed by atoms with Gasteiger partial charge in [-0.3, -0.25) is 4.79 Å². The van der Waals surface area contributed by atoms with Crippen molar-refractivity contribution < 1.29 is 22.5 Å². The fourth-order valence-corrected chi connectivity index (χ4v) is 3.38. The van der Waals surface area contributed by atoms with Gasteiger partial charge in [-0.2, -0.15) is 29.5 Å². The number of carbonyl (C=O) groups excluding carboxylic acids is 1. The average Bonchev–Trinajstić information content (AvgIpc) is 3.13. The largest absolute Gasteiger partial charge is 0.471 e. The molecule has 0 radical (unpaired) electrons. The molecule has 1 fully saturated rings. The van der Waals surface area contributed by atoms with Gasteiger partial charge in [-0.15, -0.1) is 0 Å². The third kappa shape index (κ3) is 3.87. The van der Waals surface area contributed by atoms with E-state index in [1.165, 1.54) is 12.1 Å². The lowest BCUT2D eigenvalue weighted by Crippen LogP contribution is -2.32. The molecule has 1 amide bonds. The van der Waals surface area contributed by atoms with Gasteiger partial charge < -0.3 is 9.42 Å². The highest BCUT2D eigenvalue weighted by Crippen LogP contribution is 2.31. The van der Waals surface area contributed by atoms with E-state index in [4.69, 9.17) is 0 Å². The second-order valence-corrected chi connectivity index (χ2v) is 7.07. The lowest BCUT2D eigenvalue weighted by Gasteiger charge is -2.22. The molecule has 0 N–H and O–H groups in total. The standard InChI is InChI=1S/C18H14F3N3O2S/c19-18(20,21)17-22-15(23-26-17)12-1-3-13(4-2-12)16(25)24(14-5-6-14)9-11-7-8-27-10-11/h1-4,7-8,10,14H,5-6,9H2. The summed E-state index contributed by atoms with van der Waals surface area (Å²) in [6.45, 7) is 0.550. The topological polar surface area (TPSA) is 59.2 Å². The fraction of sp³-hybridized carbons (Fsp3) is 0.278. The van der Waals surface area contributed by atoms with Crippen LogP contribution in [0.2, 0.25) is 0 Å². The molecule has 140 valence electrons. The highest BCUT2D eigenvalue weighted by Gasteiger charge is 2.38. The first-order valence-corrected chi connectivity index (χ1v) is 9.19. The summed E-state index contributed by atoms with van der Waals surface area (Å²) in [5.74, 6) is -1.66. The molecule has 0 spiro atoms. The molecule has 1 saturated carbocycles. The second kappa shape index (κ2) is 6.80. The van der Waals surface area contributed by atoms with Crippen LogP contribution in [-0.2, 0) is 12.7 Å². The summed E-state index contributed by atoms with van der Waals surface area (Å²) in [5.41, 5.74) is 1.91. The number of benzene rings is 1. The number of hydrogen-bond acceptors (Lipinski definition) is 5. The molecule has 1 aliphatic carbocycles. The summed E-state index contributed by atoms with van der Waals surface area (Å²) < 4.78 is 41.9. The number of hydrogen-bond donors (Lipinski definition) is 0. The van der Waals surface area contributed by atoms with Gasteiger partial charge >= 0.3 is 12.1 Å². The molecule has 2 heterocycles. The zero-order chi connectivity index (χ0) is 19.0. The van der Waals surface area contributed by atoms with Crippen molar-refractivity contribution >= 4 is 17.2 Å². The van der Waals surface area contributed by atoms with Gasteiger partial charge in [0, 0.05) is 23.7 Å². The molecule has 0 bridgehead atoms. The number of alkyl halides is 3. The molecule has 9 heteroatoms. The molecule has 2 aromatic heterocycles. The van der Waals surface area contributed by atoms with E-state index >= 15 is 0 Å². The lowest BCUT2D eigenvalue weighted by atomic mass is 10.1. The first kappa shape index (κ1) is 17.7. The molecule has 1 aliphatic rings. The minimum atomic E-state index is -4.69. The molecular weight excluding hydrogens is 379 g/mol. The maximum Gasteiger partial charge on any atom is 0.471 e. The van der Waals surface area contributed by atoms with Crippen LogP contribution < -0.4 is 0 Å². The smallest absolute Gasteiger partial charge is 0.331 e. The Kier molecular flexibility index (Phi) is 4.47. The molecule has 0 saturated heterocycles. The second-order valence-electron chi connectivity index (χ2n) is 6.29. The van der Waals surface area contributed by atoms with E-state index in [1.807, 2.05) is 21.7 Å². The van der Waals surface area contributed by atoms with Crippen LogP contribution in [0.4, 0.5) is 13.2 Å². The van der Waals surface area contributed by atoms with Crippen molar-refractivity contribution in [1.29, 1.82) is 0 Å². The van der Waals surface area contributed by atoms with Gasteiger partial charge in [0.15, 0.2) is 0 Å². The van der Waals surface area contributed by atoms with E-state index in [-0.39, 0.29) is 17.8 Å². The van der Waals surface area contributed by atoms with Gasteiger partial charge in [0.1, 0.15) is 0 Å². The summed E-state index contributed by atoms with van der Waals surface area (Å²) in [6, 6.07) is 8.42. The third-order valence-electron chi connectivity index (χ3n) is 4.24. The predicted octanol–water partition coefficient (Wildman–Crippen LogP) is 4.62. The minimum absolute atomic E-state index is 0.0978. The van der Waals surface area contributed by atoms with E-state index in [1.54, 1.807) is 23.5 Å². The van der Waals surface area contributed by atoms with Crippen molar-refractivity contribution in [3.05, 3.63) is 58.1 Å². The first-order valence-electron chi connectivity index (χ1n) is 8.25. The van der Waals surface area contributed by atoms with Crippen LogP contribution in [0.25, 0.3) is 11.4 Å². The summed E-state index contributed by atoms with van der Waals surface area (Å²) in [4.78, 5) is 18.1. The van der Waals surface area contributed by atoms with Gasteiger partial charge in [0.2, 0.25) is 5.82 Å². The summed E-state index contributed by atoms with van der Waals surface area (Å²) in [6.07, 6.45) is -2.72. The molecular formula is C18H14F3N3O2S. The van der Waals surface area contributed by atoms with Gasteiger partial charge in [0.05, 0.1) is 0 Å². The fourth-order valence-electron chi connectivity index (χ4n) is 2.72. The highest BCUT2D eigenvalue weighted by molar-refractivity contribution is 7.07. The Morgan fingerprint density at radius 1 is 1.22 bits per heavy atom. The zero-order valence-electron chi connectivity index (χ0n) is 13.9. The van der Waals surface area contributed by atoms with Gasteiger partial charge in [0.25, 0.3) is 5.91 Å². The van der Waals surface area contributed by atoms with E-state index in [9.17, 15) is 18.0 Å². The number of thiophene rings is 1. The van der Waals surface area contributed by atoms with Crippen LogP contribution in [0.1, 0.15) is 34.7 Å². The average molecular weight is 393 g/mol. The van der Waals surface area contributed by atoms with Gasteiger partial charge in [-0.25, -0.2) is 0 Å². The molecule has 27 heavy (non-hydrogen) atoms. The van der Waals surface area contributed by atoms with Crippen LogP contribution in [0.15, 0.2) is 45.6 Å². The minimum Gasteiger partial charge on any atom is -0.331 e. The van der Waals surface area contributed by atoms with Crippen LogP contribution >= 0.6 is 11.3 Å². The van der Waals surface area contributed by atoms with Crippen LogP contribution in [0, 0.1) is 0 Å². The van der Waals surface area contributed by atoms with E-state index in [0.717, 1.165) is 18.4 Å². The predicted molar refractivity (Wildman–Crippen MR) is 92.0 cm³/mol. The van der Waals surface area contributed by atoms with Crippen LogP contribution in [0.3, 0.4) is 0 Å². The number of aromatic nitrogens is 2. The molecule has 3 aromatic rings. The highest BCUT2D eigenvalue weighted by atomic mass is 32.1. The number of halogens is 3. The van der Waals surface area contributed by atoms with E-state index in [0.29, 0.717) is 17.7 Å². The van der Waals surface area contributed by atoms with Crippen molar-refractivity contribution in [2.45, 2.75) is 31.6 Å². The zero-order valence-corrected chi connectivity index (χ0v) is 14.8. The van der Waals surface area contributed by atoms with Crippen molar-refractivity contribution in [2.24, 2.45) is 0 Å². The molecule has 0 atom stereocenters. The Morgan fingerprint density at radius 2 is 1.96 bits per heavy atom. The summed E-state index contributed by atoms with van der Waals surface area (Å²) in [7, 11) is 0. The Morgan fingerprint density at radius 3 is 2.52 bits per heavy atom. The van der Waals surface area contributed by atoms with Crippen molar-refractivity contribution in [3.8, 4) is 11.4 Å². The lowest BCUT2D eigenvalue weighted by molar-refractivity contribution is -0.159. The molecule has 5 nitrogen and oxygen atoms in total. The third-order valence-corrected chi connectivity index (χ3v) is 4.97. The van der Waals surface area contributed by atoms with Gasteiger partial charge in [-0.05, 0) is 47.4 Å². The molecule has 4 rings (SSSR count). The molecule has 0 aliphatic heterocycles. The van der Waals surface area contributed by atoms with Crippen LogP contribution in [-0.4, -0.2) is 27.0 Å². The number of nitrogens with zero attached hydrogens (tertiary/aromatic N) is 3. The normalized spacial score (nSPS) is 14.3. The summed E-state index contributed by atoms with van der Waals surface area (Å²) in [5, 5.41) is 7.34. The van der Waals surface area contributed by atoms with Crippen molar-refractivity contribution in [3.63, 3.8) is 0 Å². The quantitative estimate of drug-likeness (QED) is 0.635. The van der Waals surface area contributed by atoms with Gasteiger partial charge in [-0.1, -0.05) is 17.3 Å². The van der Waals surface area contributed by atoms with E-state index in [2.05, 4.69) is 14.7 Å². The number of carbonyl (C=O) groups is 1. The first-order chi connectivity index (χ1) is 12.9. The van der Waals surface area contributed by atoms with E-state index < -0.39 is 12.1 Å². The summed E-state index contributed by atoms with van der Waals surface area (Å²) >= 11 is 1.58. The monoisotopic (exact) mass is 393 g/mol. The molecule has 0 unspecified atom stereocenters. The Hall–Kier alpha value is -2.68. The maximum absolute atomic E-state index is 12.9.